The van der Waals surface area contributed by atoms with E-state index in [1.165, 1.54) is 0 Å². The van der Waals surface area contributed by atoms with E-state index in [1.54, 1.807) is 6.20 Å². The highest BCUT2D eigenvalue weighted by Crippen LogP contribution is 2.27. The maximum atomic E-state index is 12.1. The third kappa shape index (κ3) is 1.63. The topological polar surface area (TPSA) is 48.1 Å². The molecular weight excluding hydrogens is 202 g/mol. The van der Waals surface area contributed by atoms with Crippen molar-refractivity contribution in [2.45, 2.75) is 6.42 Å². The average Bonchev–Trinajstić information content (AvgIpc) is 2.98. The van der Waals surface area contributed by atoms with Gasteiger partial charge in [0, 0.05) is 19.3 Å². The summed E-state index contributed by atoms with van der Waals surface area (Å²) in [6, 6.07) is 3.72. The van der Waals surface area contributed by atoms with Gasteiger partial charge in [0.15, 0.2) is 0 Å². The van der Waals surface area contributed by atoms with Crippen LogP contribution in [-0.4, -0.2) is 42.0 Å². The third-order valence-electron chi connectivity index (χ3n) is 3.82. The summed E-state index contributed by atoms with van der Waals surface area (Å²) in [5.74, 6) is 1.59. The normalized spacial score (nSPS) is 29.1. The fourth-order valence-corrected chi connectivity index (χ4v) is 2.85. The Hall–Kier alpha value is -1.29. The van der Waals surface area contributed by atoms with Gasteiger partial charge >= 0.3 is 0 Å². The number of H-pyrrole nitrogens is 1. The first kappa shape index (κ1) is 9.90. The van der Waals surface area contributed by atoms with E-state index in [0.29, 0.717) is 11.6 Å². The van der Waals surface area contributed by atoms with Gasteiger partial charge in [-0.1, -0.05) is 0 Å². The molecular formula is C12H17N3O. The minimum atomic E-state index is 0.148. The molecule has 4 nitrogen and oxygen atoms in total. The van der Waals surface area contributed by atoms with E-state index in [4.69, 9.17) is 0 Å². The lowest BCUT2D eigenvalue weighted by atomic mass is 9.88. The summed E-state index contributed by atoms with van der Waals surface area (Å²) in [5, 5.41) is 3.41. The van der Waals surface area contributed by atoms with E-state index in [9.17, 15) is 4.79 Å². The Morgan fingerprint density at radius 2 is 2.25 bits per heavy atom. The fourth-order valence-electron chi connectivity index (χ4n) is 2.85. The van der Waals surface area contributed by atoms with Gasteiger partial charge in [-0.05, 0) is 43.5 Å². The second kappa shape index (κ2) is 3.94. The van der Waals surface area contributed by atoms with Crippen molar-refractivity contribution in [2.75, 3.05) is 26.2 Å². The summed E-state index contributed by atoms with van der Waals surface area (Å²) >= 11 is 0. The van der Waals surface area contributed by atoms with Crippen LogP contribution < -0.4 is 5.32 Å². The zero-order valence-corrected chi connectivity index (χ0v) is 9.28. The van der Waals surface area contributed by atoms with E-state index >= 15 is 0 Å². The lowest BCUT2D eigenvalue weighted by molar-refractivity contribution is 0.0637. The molecule has 0 radical (unpaired) electrons. The number of aromatic nitrogens is 1. The minimum absolute atomic E-state index is 0.148. The molecule has 2 atom stereocenters. The Balaban J connectivity index is 1.70. The van der Waals surface area contributed by atoms with Crippen molar-refractivity contribution in [3.05, 3.63) is 24.0 Å². The Morgan fingerprint density at radius 1 is 1.38 bits per heavy atom. The molecule has 2 aliphatic heterocycles. The molecule has 86 valence electrons. The van der Waals surface area contributed by atoms with Crippen LogP contribution in [0.1, 0.15) is 16.9 Å². The largest absolute Gasteiger partial charge is 0.357 e. The van der Waals surface area contributed by atoms with Crippen LogP contribution in [0.2, 0.25) is 0 Å². The van der Waals surface area contributed by atoms with Gasteiger partial charge in [0.05, 0.1) is 0 Å². The summed E-state index contributed by atoms with van der Waals surface area (Å²) in [7, 11) is 0. The molecule has 0 aliphatic carbocycles. The number of fused-ring (bicyclic) bond motifs is 1. The number of likely N-dealkylation sites (tertiary alicyclic amines) is 1. The van der Waals surface area contributed by atoms with Gasteiger partial charge in [-0.25, -0.2) is 0 Å². The number of nitrogens with one attached hydrogen (secondary N) is 2. The number of rotatable bonds is 1. The first-order valence-electron chi connectivity index (χ1n) is 5.98. The Morgan fingerprint density at radius 3 is 3.06 bits per heavy atom. The van der Waals surface area contributed by atoms with Crippen LogP contribution in [0.15, 0.2) is 18.3 Å². The van der Waals surface area contributed by atoms with Crippen LogP contribution in [0.25, 0.3) is 0 Å². The summed E-state index contributed by atoms with van der Waals surface area (Å²) in [6.07, 6.45) is 2.95. The first-order chi connectivity index (χ1) is 7.84. The van der Waals surface area contributed by atoms with Crippen LogP contribution in [0.3, 0.4) is 0 Å². The quantitative estimate of drug-likeness (QED) is 0.730. The molecule has 16 heavy (non-hydrogen) atoms. The number of carbonyl (C=O) groups is 1. The number of hydrogen-bond acceptors (Lipinski definition) is 2. The number of aromatic amines is 1. The molecule has 1 aromatic rings. The summed E-state index contributed by atoms with van der Waals surface area (Å²) in [5.41, 5.74) is 0.712. The molecule has 2 aliphatic rings. The van der Waals surface area contributed by atoms with E-state index in [2.05, 4.69) is 10.3 Å². The SMILES string of the molecule is O=C(c1ccc[nH]1)N1CCC2CNCC2C1. The first-order valence-corrected chi connectivity index (χ1v) is 5.98. The van der Waals surface area contributed by atoms with Crippen LogP contribution in [0.4, 0.5) is 0 Å². The number of carbonyl (C=O) groups excluding carboxylic acids is 1. The molecule has 0 aromatic carbocycles. The second-order valence-corrected chi connectivity index (χ2v) is 4.80. The van der Waals surface area contributed by atoms with E-state index in [1.807, 2.05) is 17.0 Å². The van der Waals surface area contributed by atoms with Crippen LogP contribution in [-0.2, 0) is 0 Å². The van der Waals surface area contributed by atoms with Crippen LogP contribution >= 0.6 is 0 Å². The Bertz CT molecular complexity index is 374. The van der Waals surface area contributed by atoms with Gasteiger partial charge in [-0.15, -0.1) is 0 Å². The van der Waals surface area contributed by atoms with E-state index in [0.717, 1.165) is 38.5 Å². The average molecular weight is 219 g/mol. The van der Waals surface area contributed by atoms with Gasteiger partial charge in [-0.2, -0.15) is 0 Å². The van der Waals surface area contributed by atoms with E-state index < -0.39 is 0 Å². The maximum absolute atomic E-state index is 12.1. The van der Waals surface area contributed by atoms with E-state index in [-0.39, 0.29) is 5.91 Å². The molecule has 3 rings (SSSR count). The lowest BCUT2D eigenvalue weighted by Crippen LogP contribution is -2.43. The molecule has 4 heteroatoms. The van der Waals surface area contributed by atoms with Crippen LogP contribution in [0.5, 0.6) is 0 Å². The monoisotopic (exact) mass is 219 g/mol. The van der Waals surface area contributed by atoms with Crippen molar-refractivity contribution in [1.29, 1.82) is 0 Å². The molecule has 1 aromatic heterocycles. The molecule has 0 bridgehead atoms. The molecule has 1 amide bonds. The number of hydrogen-bond donors (Lipinski definition) is 2. The summed E-state index contributed by atoms with van der Waals surface area (Å²) in [6.45, 7) is 4.02. The number of amides is 1. The zero-order valence-electron chi connectivity index (χ0n) is 9.28. The predicted octanol–water partition coefficient (Wildman–Crippen LogP) is 0.696. The fraction of sp³-hybridized carbons (Fsp3) is 0.583. The molecule has 0 saturated carbocycles. The lowest BCUT2D eigenvalue weighted by Gasteiger charge is -2.34. The van der Waals surface area contributed by atoms with Gasteiger partial charge in [0.25, 0.3) is 5.91 Å². The van der Waals surface area contributed by atoms with Gasteiger partial charge in [0.1, 0.15) is 5.69 Å². The van der Waals surface area contributed by atoms with Crippen molar-refractivity contribution in [1.82, 2.24) is 15.2 Å². The highest BCUT2D eigenvalue weighted by atomic mass is 16.2. The Kier molecular flexibility index (Phi) is 2.44. The number of nitrogens with zero attached hydrogens (tertiary/aromatic N) is 1. The molecule has 2 N–H and O–H groups in total. The predicted molar refractivity (Wildman–Crippen MR) is 61.2 cm³/mol. The minimum Gasteiger partial charge on any atom is -0.357 e. The van der Waals surface area contributed by atoms with Crippen molar-refractivity contribution in [2.24, 2.45) is 11.8 Å². The van der Waals surface area contributed by atoms with Gasteiger partial charge in [0.2, 0.25) is 0 Å². The standard InChI is InChI=1S/C12H17N3O/c16-12(11-2-1-4-14-11)15-5-3-9-6-13-7-10(9)8-15/h1-2,4,9-10,13-14H,3,5-8H2. The van der Waals surface area contributed by atoms with Crippen LogP contribution in [0, 0.1) is 11.8 Å². The van der Waals surface area contributed by atoms with Crippen molar-refractivity contribution in [3.8, 4) is 0 Å². The number of piperidine rings is 1. The second-order valence-electron chi connectivity index (χ2n) is 4.80. The van der Waals surface area contributed by atoms with Crippen molar-refractivity contribution in [3.63, 3.8) is 0 Å². The zero-order chi connectivity index (χ0) is 11.0. The third-order valence-corrected chi connectivity index (χ3v) is 3.82. The van der Waals surface area contributed by atoms with Gasteiger partial charge in [-0.3, -0.25) is 4.79 Å². The molecule has 2 saturated heterocycles. The highest BCUT2D eigenvalue weighted by molar-refractivity contribution is 5.92. The maximum Gasteiger partial charge on any atom is 0.270 e. The smallest absolute Gasteiger partial charge is 0.270 e. The van der Waals surface area contributed by atoms with Crippen molar-refractivity contribution >= 4 is 5.91 Å². The summed E-state index contributed by atoms with van der Waals surface area (Å²) < 4.78 is 0. The Labute approximate surface area is 95.0 Å². The molecule has 3 heterocycles. The molecule has 2 fully saturated rings. The molecule has 0 spiro atoms. The van der Waals surface area contributed by atoms with Gasteiger partial charge < -0.3 is 15.2 Å². The summed E-state index contributed by atoms with van der Waals surface area (Å²) in [4.78, 5) is 17.1. The van der Waals surface area contributed by atoms with Crippen molar-refractivity contribution < 1.29 is 4.79 Å². The highest BCUT2D eigenvalue weighted by Gasteiger charge is 2.34. The molecule has 2 unspecified atom stereocenters.